The molecule has 0 aliphatic rings. The number of nitrogens with one attached hydrogen (secondary N) is 1. The van der Waals surface area contributed by atoms with Crippen molar-refractivity contribution >= 4 is 23.4 Å². The number of hydrogen-bond acceptors (Lipinski definition) is 3. The first-order chi connectivity index (χ1) is 11.9. The molecule has 0 aliphatic carbocycles. The Morgan fingerprint density at radius 3 is 2.68 bits per heavy atom. The van der Waals surface area contributed by atoms with E-state index in [-0.39, 0.29) is 0 Å². The summed E-state index contributed by atoms with van der Waals surface area (Å²) in [5, 5.41) is 4.09. The van der Waals surface area contributed by atoms with Crippen LogP contribution < -0.4 is 10.2 Å². The molecule has 0 atom stereocenters. The molecule has 0 aliphatic heterocycles. The van der Waals surface area contributed by atoms with Gasteiger partial charge in [-0.05, 0) is 30.7 Å². The molecule has 1 N–H and O–H groups in total. The van der Waals surface area contributed by atoms with Crippen LogP contribution in [0.2, 0.25) is 5.02 Å². The highest BCUT2D eigenvalue weighted by Gasteiger charge is 2.10. The van der Waals surface area contributed by atoms with Gasteiger partial charge in [-0.15, -0.1) is 0 Å². The molecule has 0 saturated carbocycles. The van der Waals surface area contributed by atoms with Crippen LogP contribution in [0.4, 0.5) is 5.82 Å². The molecular formula is C18H27ClN6. The molecule has 0 amide bonds. The lowest BCUT2D eigenvalue weighted by atomic mass is 10.2. The van der Waals surface area contributed by atoms with Crippen LogP contribution in [0.25, 0.3) is 0 Å². The van der Waals surface area contributed by atoms with E-state index in [1.807, 2.05) is 62.2 Å². The standard InChI is InChI=1S/C18H27ClN6/c1-6-20-18(25(5)13-16-10-15(19)12-24(16)4)22-11-14-7-8-21-17(9-14)23(2)3/h7-10,12H,6,11,13H2,1-5H3,(H,20,22). The number of aryl methyl sites for hydroxylation is 1. The van der Waals surface area contributed by atoms with Crippen LogP contribution in [0, 0.1) is 0 Å². The quantitative estimate of drug-likeness (QED) is 0.634. The van der Waals surface area contributed by atoms with Crippen molar-refractivity contribution in [1.29, 1.82) is 0 Å². The van der Waals surface area contributed by atoms with Gasteiger partial charge in [0.05, 0.1) is 18.1 Å². The highest BCUT2D eigenvalue weighted by molar-refractivity contribution is 6.30. The Morgan fingerprint density at radius 1 is 1.32 bits per heavy atom. The van der Waals surface area contributed by atoms with Gasteiger partial charge in [0.1, 0.15) is 5.82 Å². The molecule has 0 radical (unpaired) electrons. The van der Waals surface area contributed by atoms with Gasteiger partial charge in [0.15, 0.2) is 5.96 Å². The summed E-state index contributed by atoms with van der Waals surface area (Å²) >= 11 is 6.08. The van der Waals surface area contributed by atoms with E-state index in [1.165, 1.54) is 0 Å². The fourth-order valence-corrected chi connectivity index (χ4v) is 2.75. The van der Waals surface area contributed by atoms with Crippen LogP contribution in [0.15, 0.2) is 35.6 Å². The summed E-state index contributed by atoms with van der Waals surface area (Å²) in [4.78, 5) is 13.2. The second-order valence-electron chi connectivity index (χ2n) is 6.20. The average Bonchev–Trinajstić information content (AvgIpc) is 2.88. The number of halogens is 1. The lowest BCUT2D eigenvalue weighted by Gasteiger charge is -2.22. The summed E-state index contributed by atoms with van der Waals surface area (Å²) in [7, 11) is 8.00. The zero-order chi connectivity index (χ0) is 18.4. The number of pyridine rings is 1. The summed E-state index contributed by atoms with van der Waals surface area (Å²) in [5.41, 5.74) is 2.27. The first kappa shape index (κ1) is 19.1. The number of aromatic nitrogens is 2. The van der Waals surface area contributed by atoms with E-state index >= 15 is 0 Å². The third kappa shape index (κ3) is 5.39. The van der Waals surface area contributed by atoms with Crippen molar-refractivity contribution in [2.45, 2.75) is 20.0 Å². The number of hydrogen-bond donors (Lipinski definition) is 1. The molecular weight excluding hydrogens is 336 g/mol. The molecule has 6 nitrogen and oxygen atoms in total. The van der Waals surface area contributed by atoms with E-state index in [4.69, 9.17) is 16.6 Å². The molecule has 0 bridgehead atoms. The smallest absolute Gasteiger partial charge is 0.194 e. The van der Waals surface area contributed by atoms with E-state index in [2.05, 4.69) is 28.2 Å². The highest BCUT2D eigenvalue weighted by atomic mass is 35.5. The summed E-state index contributed by atoms with van der Waals surface area (Å²) in [6.45, 7) is 4.22. The maximum atomic E-state index is 6.08. The lowest BCUT2D eigenvalue weighted by molar-refractivity contribution is 0.462. The maximum Gasteiger partial charge on any atom is 0.194 e. The predicted octanol–water partition coefficient (Wildman–Crippen LogP) is 2.74. The summed E-state index contributed by atoms with van der Waals surface area (Å²) in [6.07, 6.45) is 3.73. The molecule has 0 spiro atoms. The summed E-state index contributed by atoms with van der Waals surface area (Å²) in [5.74, 6) is 1.80. The van der Waals surface area contributed by atoms with Gasteiger partial charge in [0.25, 0.3) is 0 Å². The minimum Gasteiger partial charge on any atom is -0.363 e. The first-order valence-electron chi connectivity index (χ1n) is 8.33. The average molecular weight is 363 g/mol. The fraction of sp³-hybridized carbons (Fsp3) is 0.444. The Hall–Kier alpha value is -2.21. The van der Waals surface area contributed by atoms with Crippen molar-refractivity contribution in [3.63, 3.8) is 0 Å². The molecule has 2 aromatic rings. The first-order valence-corrected chi connectivity index (χ1v) is 8.71. The summed E-state index contributed by atoms with van der Waals surface area (Å²) in [6, 6.07) is 6.04. The van der Waals surface area contributed by atoms with Gasteiger partial charge >= 0.3 is 0 Å². The topological polar surface area (TPSA) is 48.7 Å². The zero-order valence-electron chi connectivity index (χ0n) is 15.6. The molecule has 0 unspecified atom stereocenters. The molecule has 0 fully saturated rings. The van der Waals surface area contributed by atoms with Crippen molar-refractivity contribution in [3.8, 4) is 0 Å². The maximum absolute atomic E-state index is 6.08. The second kappa shape index (κ2) is 8.76. The van der Waals surface area contributed by atoms with E-state index < -0.39 is 0 Å². The van der Waals surface area contributed by atoms with Gasteiger partial charge in [-0.3, -0.25) is 0 Å². The minimum absolute atomic E-state index is 0.601. The van der Waals surface area contributed by atoms with Gasteiger partial charge in [-0.25, -0.2) is 9.98 Å². The molecule has 7 heteroatoms. The monoisotopic (exact) mass is 362 g/mol. The van der Waals surface area contributed by atoms with Gasteiger partial charge in [0.2, 0.25) is 0 Å². The molecule has 25 heavy (non-hydrogen) atoms. The number of aliphatic imine (C=N–C) groups is 1. The number of guanidine groups is 1. The molecule has 2 rings (SSSR count). The van der Waals surface area contributed by atoms with E-state index in [0.29, 0.717) is 6.54 Å². The van der Waals surface area contributed by atoms with Crippen LogP contribution in [-0.2, 0) is 20.1 Å². The van der Waals surface area contributed by atoms with Crippen molar-refractivity contribution in [1.82, 2.24) is 19.8 Å². The van der Waals surface area contributed by atoms with Gasteiger partial charge < -0.3 is 19.7 Å². The van der Waals surface area contributed by atoms with E-state index in [0.717, 1.165) is 41.1 Å². The van der Waals surface area contributed by atoms with Crippen molar-refractivity contribution in [2.24, 2.45) is 12.0 Å². The Labute approximate surface area is 155 Å². The van der Waals surface area contributed by atoms with Crippen molar-refractivity contribution in [2.75, 3.05) is 32.6 Å². The normalized spacial score (nSPS) is 11.5. The Bertz CT molecular complexity index is 722. The summed E-state index contributed by atoms with van der Waals surface area (Å²) < 4.78 is 2.04. The van der Waals surface area contributed by atoms with Crippen molar-refractivity contribution in [3.05, 3.63) is 46.9 Å². The van der Waals surface area contributed by atoms with Gasteiger partial charge in [0, 0.05) is 52.8 Å². The third-order valence-electron chi connectivity index (χ3n) is 3.85. The van der Waals surface area contributed by atoms with Crippen LogP contribution in [0.3, 0.4) is 0 Å². The largest absolute Gasteiger partial charge is 0.363 e. The van der Waals surface area contributed by atoms with E-state index in [9.17, 15) is 0 Å². The Kier molecular flexibility index (Phi) is 6.70. The van der Waals surface area contributed by atoms with Gasteiger partial charge in [-0.1, -0.05) is 11.6 Å². The second-order valence-corrected chi connectivity index (χ2v) is 6.64. The van der Waals surface area contributed by atoms with E-state index in [1.54, 1.807) is 0 Å². The lowest BCUT2D eigenvalue weighted by Crippen LogP contribution is -2.38. The Morgan fingerprint density at radius 2 is 2.08 bits per heavy atom. The minimum atomic E-state index is 0.601. The van der Waals surface area contributed by atoms with Crippen LogP contribution in [0.5, 0.6) is 0 Å². The van der Waals surface area contributed by atoms with Crippen LogP contribution in [0.1, 0.15) is 18.2 Å². The SMILES string of the molecule is CCNC(=NCc1ccnc(N(C)C)c1)N(C)Cc1cc(Cl)cn1C. The predicted molar refractivity (Wildman–Crippen MR) is 105 cm³/mol. The Balaban J connectivity index is 2.11. The molecule has 0 saturated heterocycles. The van der Waals surface area contributed by atoms with Crippen LogP contribution >= 0.6 is 11.6 Å². The third-order valence-corrected chi connectivity index (χ3v) is 4.06. The molecule has 0 aromatic carbocycles. The zero-order valence-corrected chi connectivity index (χ0v) is 16.4. The number of anilines is 1. The number of rotatable bonds is 6. The van der Waals surface area contributed by atoms with Crippen LogP contribution in [-0.4, -0.2) is 48.1 Å². The fourth-order valence-electron chi connectivity index (χ4n) is 2.48. The molecule has 2 aromatic heterocycles. The van der Waals surface area contributed by atoms with Crippen molar-refractivity contribution < 1.29 is 0 Å². The number of nitrogens with zero attached hydrogens (tertiary/aromatic N) is 5. The highest BCUT2D eigenvalue weighted by Crippen LogP contribution is 2.14. The molecule has 136 valence electrons. The molecule has 2 heterocycles. The van der Waals surface area contributed by atoms with Gasteiger partial charge in [-0.2, -0.15) is 0 Å².